The van der Waals surface area contributed by atoms with Crippen LogP contribution in [0.15, 0.2) is 62.6 Å². The summed E-state index contributed by atoms with van der Waals surface area (Å²) in [5.41, 5.74) is 0.831. The van der Waals surface area contributed by atoms with Gasteiger partial charge in [-0.2, -0.15) is 0 Å². The highest BCUT2D eigenvalue weighted by atomic mass is 79.9. The fourth-order valence-electron chi connectivity index (χ4n) is 1.90. The molecular weight excluding hydrogens is 383 g/mol. The Labute approximate surface area is 144 Å². The van der Waals surface area contributed by atoms with Crippen LogP contribution in [0.5, 0.6) is 0 Å². The van der Waals surface area contributed by atoms with Crippen LogP contribution in [-0.2, 0) is 0 Å². The van der Waals surface area contributed by atoms with Gasteiger partial charge in [-0.1, -0.05) is 36.0 Å². The third-order valence-electron chi connectivity index (χ3n) is 3.01. The van der Waals surface area contributed by atoms with Gasteiger partial charge in [0, 0.05) is 4.47 Å². The Balaban J connectivity index is 1.70. The molecule has 0 aliphatic rings. The van der Waals surface area contributed by atoms with Gasteiger partial charge in [-0.25, -0.2) is 4.39 Å². The summed E-state index contributed by atoms with van der Waals surface area (Å²) >= 11 is 4.49. The van der Waals surface area contributed by atoms with E-state index in [1.807, 2.05) is 24.3 Å². The predicted molar refractivity (Wildman–Crippen MR) is 88.9 cm³/mol. The van der Waals surface area contributed by atoms with Gasteiger partial charge in [0.2, 0.25) is 5.89 Å². The number of carbonyl (C=O) groups excluding carboxylic acids is 1. The molecule has 0 bridgehead atoms. The SMILES string of the molecule is O=C(CSc1nnc(-c2ccccc2Br)o1)c1ccccc1F. The van der Waals surface area contributed by atoms with Gasteiger partial charge in [-0.05, 0) is 40.2 Å². The summed E-state index contributed by atoms with van der Waals surface area (Å²) in [6, 6.07) is 13.3. The maximum absolute atomic E-state index is 13.5. The third-order valence-corrected chi connectivity index (χ3v) is 4.52. The first-order chi connectivity index (χ1) is 11.1. The van der Waals surface area contributed by atoms with E-state index in [0.717, 1.165) is 21.8 Å². The number of benzene rings is 2. The van der Waals surface area contributed by atoms with Crippen molar-refractivity contribution in [2.24, 2.45) is 0 Å². The van der Waals surface area contributed by atoms with Crippen LogP contribution in [0.2, 0.25) is 0 Å². The highest BCUT2D eigenvalue weighted by Gasteiger charge is 2.15. The normalized spacial score (nSPS) is 10.7. The maximum Gasteiger partial charge on any atom is 0.277 e. The molecule has 7 heteroatoms. The molecule has 3 rings (SSSR count). The number of halogens is 2. The van der Waals surface area contributed by atoms with E-state index in [1.54, 1.807) is 12.1 Å². The van der Waals surface area contributed by atoms with Crippen molar-refractivity contribution in [2.45, 2.75) is 5.22 Å². The van der Waals surface area contributed by atoms with Gasteiger partial charge in [0.05, 0.1) is 16.9 Å². The van der Waals surface area contributed by atoms with Crippen LogP contribution < -0.4 is 0 Å². The van der Waals surface area contributed by atoms with E-state index in [-0.39, 0.29) is 22.3 Å². The number of rotatable bonds is 5. The molecule has 0 amide bonds. The topological polar surface area (TPSA) is 56.0 Å². The molecule has 0 N–H and O–H groups in total. The molecule has 0 aliphatic carbocycles. The summed E-state index contributed by atoms with van der Waals surface area (Å²) in [6.07, 6.45) is 0. The Morgan fingerprint density at radius 1 is 1.13 bits per heavy atom. The number of Topliss-reactive ketones (excluding diaryl/α,β-unsaturated/α-hetero) is 1. The van der Waals surface area contributed by atoms with Crippen LogP contribution in [0, 0.1) is 5.82 Å². The van der Waals surface area contributed by atoms with E-state index in [9.17, 15) is 9.18 Å². The summed E-state index contributed by atoms with van der Waals surface area (Å²) in [7, 11) is 0. The lowest BCUT2D eigenvalue weighted by molar-refractivity contribution is 0.101. The Morgan fingerprint density at radius 2 is 1.87 bits per heavy atom. The molecule has 4 nitrogen and oxygen atoms in total. The van der Waals surface area contributed by atoms with Crippen molar-refractivity contribution < 1.29 is 13.6 Å². The summed E-state index contributed by atoms with van der Waals surface area (Å²) in [5, 5.41) is 8.13. The standard InChI is InChI=1S/C16H10BrFN2O2S/c17-12-7-3-1-5-10(12)15-19-20-16(22-15)23-9-14(21)11-6-2-4-8-13(11)18/h1-8H,9H2. The van der Waals surface area contributed by atoms with Crippen LogP contribution in [-0.4, -0.2) is 21.7 Å². The van der Waals surface area contributed by atoms with Crippen molar-refractivity contribution >= 4 is 33.5 Å². The zero-order valence-corrected chi connectivity index (χ0v) is 14.1. The van der Waals surface area contributed by atoms with Crippen molar-refractivity contribution in [3.05, 3.63) is 64.4 Å². The van der Waals surface area contributed by atoms with E-state index in [1.165, 1.54) is 12.1 Å². The molecule has 0 unspecified atom stereocenters. The first-order valence-corrected chi connectivity index (χ1v) is 8.42. The lowest BCUT2D eigenvalue weighted by Gasteiger charge is -2.00. The molecule has 0 aliphatic heterocycles. The summed E-state index contributed by atoms with van der Waals surface area (Å²) in [6.45, 7) is 0. The zero-order chi connectivity index (χ0) is 16.2. The average molecular weight is 393 g/mol. The van der Waals surface area contributed by atoms with Crippen LogP contribution in [0.25, 0.3) is 11.5 Å². The minimum Gasteiger partial charge on any atom is -0.411 e. The van der Waals surface area contributed by atoms with Crippen LogP contribution >= 0.6 is 27.7 Å². The van der Waals surface area contributed by atoms with Gasteiger partial charge in [-0.15, -0.1) is 10.2 Å². The molecular formula is C16H10BrFN2O2S. The Bertz CT molecular complexity index is 853. The van der Waals surface area contributed by atoms with Crippen molar-refractivity contribution in [3.8, 4) is 11.5 Å². The Kier molecular flexibility index (Phi) is 4.88. The molecule has 0 fully saturated rings. The highest BCUT2D eigenvalue weighted by Crippen LogP contribution is 2.29. The highest BCUT2D eigenvalue weighted by molar-refractivity contribution is 9.10. The fraction of sp³-hybridized carbons (Fsp3) is 0.0625. The van der Waals surface area contributed by atoms with Gasteiger partial charge < -0.3 is 4.42 Å². The largest absolute Gasteiger partial charge is 0.411 e. The van der Waals surface area contributed by atoms with Crippen molar-refractivity contribution in [1.29, 1.82) is 0 Å². The maximum atomic E-state index is 13.5. The minimum atomic E-state index is -0.530. The summed E-state index contributed by atoms with van der Waals surface area (Å²) in [5.74, 6) is -0.469. The number of hydrogen-bond acceptors (Lipinski definition) is 5. The van der Waals surface area contributed by atoms with Crippen molar-refractivity contribution in [3.63, 3.8) is 0 Å². The van der Waals surface area contributed by atoms with E-state index < -0.39 is 5.82 Å². The molecule has 0 radical (unpaired) electrons. The molecule has 1 heterocycles. The average Bonchev–Trinajstić information content (AvgIpc) is 3.02. The van der Waals surface area contributed by atoms with Crippen LogP contribution in [0.1, 0.15) is 10.4 Å². The number of hydrogen-bond donors (Lipinski definition) is 0. The molecule has 0 atom stereocenters. The molecule has 3 aromatic rings. The van der Waals surface area contributed by atoms with Crippen molar-refractivity contribution in [2.75, 3.05) is 5.75 Å². The lowest BCUT2D eigenvalue weighted by atomic mass is 10.1. The predicted octanol–water partition coefficient (Wildman–Crippen LogP) is 4.61. The lowest BCUT2D eigenvalue weighted by Crippen LogP contribution is -2.04. The quantitative estimate of drug-likeness (QED) is 0.468. The molecule has 2 aromatic carbocycles. The summed E-state index contributed by atoms with van der Waals surface area (Å²) in [4.78, 5) is 12.0. The van der Waals surface area contributed by atoms with Crippen LogP contribution in [0.3, 0.4) is 0 Å². The monoisotopic (exact) mass is 392 g/mol. The van der Waals surface area contributed by atoms with E-state index in [0.29, 0.717) is 5.89 Å². The number of carbonyl (C=O) groups is 1. The second-order valence-corrected chi connectivity index (χ2v) is 6.33. The number of aromatic nitrogens is 2. The zero-order valence-electron chi connectivity index (χ0n) is 11.7. The number of nitrogens with zero attached hydrogens (tertiary/aromatic N) is 2. The van der Waals surface area contributed by atoms with Gasteiger partial charge in [0.25, 0.3) is 5.22 Å². The molecule has 0 saturated carbocycles. The van der Waals surface area contributed by atoms with Gasteiger partial charge in [-0.3, -0.25) is 4.79 Å². The molecule has 23 heavy (non-hydrogen) atoms. The molecule has 1 aromatic heterocycles. The van der Waals surface area contributed by atoms with Gasteiger partial charge >= 0.3 is 0 Å². The second-order valence-electron chi connectivity index (χ2n) is 4.54. The van der Waals surface area contributed by atoms with E-state index >= 15 is 0 Å². The summed E-state index contributed by atoms with van der Waals surface area (Å²) < 4.78 is 19.9. The third kappa shape index (κ3) is 3.68. The first-order valence-electron chi connectivity index (χ1n) is 6.64. The number of ketones is 1. The number of thioether (sulfide) groups is 1. The van der Waals surface area contributed by atoms with Crippen LogP contribution in [0.4, 0.5) is 4.39 Å². The van der Waals surface area contributed by atoms with Crippen molar-refractivity contribution in [1.82, 2.24) is 10.2 Å². The second kappa shape index (κ2) is 7.06. The molecule has 0 saturated heterocycles. The minimum absolute atomic E-state index is 0.0263. The van der Waals surface area contributed by atoms with E-state index in [4.69, 9.17) is 4.42 Å². The van der Waals surface area contributed by atoms with E-state index in [2.05, 4.69) is 26.1 Å². The van der Waals surface area contributed by atoms with Gasteiger partial charge in [0.1, 0.15) is 5.82 Å². The van der Waals surface area contributed by atoms with Gasteiger partial charge in [0.15, 0.2) is 5.78 Å². The molecule has 0 spiro atoms. The Hall–Kier alpha value is -1.99. The first kappa shape index (κ1) is 15.9. The fourth-order valence-corrected chi connectivity index (χ4v) is 3.00. The molecule has 116 valence electrons. The smallest absolute Gasteiger partial charge is 0.277 e. The Morgan fingerprint density at radius 3 is 2.65 bits per heavy atom.